The predicted octanol–water partition coefficient (Wildman–Crippen LogP) is 4.65. The van der Waals surface area contributed by atoms with E-state index in [2.05, 4.69) is 10.3 Å². The number of unbranched alkanes of at least 4 members (excludes halogenated alkanes) is 4. The molecule has 1 aromatic carbocycles. The standard InChI is InChI=1S/C24H27F2N3O4/c1-16-22(24(32)27-13-6-4-2-3-5-12-21(30)31)29-14-8-11-20(23(29)28-16)33-15-17-18(25)9-7-10-19(17)26/h7-11,14H,2-6,12-13,15H2,1H3,(H,27,32)(H,30,31). The van der Waals surface area contributed by atoms with Crippen LogP contribution in [0.5, 0.6) is 5.75 Å². The van der Waals surface area contributed by atoms with Crippen LogP contribution < -0.4 is 10.1 Å². The van der Waals surface area contributed by atoms with Crippen molar-refractivity contribution in [3.63, 3.8) is 0 Å². The summed E-state index contributed by atoms with van der Waals surface area (Å²) in [5.74, 6) is -2.13. The first-order chi connectivity index (χ1) is 15.9. The van der Waals surface area contributed by atoms with E-state index in [4.69, 9.17) is 9.84 Å². The van der Waals surface area contributed by atoms with Crippen molar-refractivity contribution in [2.75, 3.05) is 6.54 Å². The fourth-order valence-corrected chi connectivity index (χ4v) is 3.58. The number of benzene rings is 1. The number of amides is 1. The van der Waals surface area contributed by atoms with Crippen LogP contribution in [0.2, 0.25) is 0 Å². The summed E-state index contributed by atoms with van der Waals surface area (Å²) in [5.41, 5.74) is 1.09. The number of carboxylic acids is 1. The Bertz CT molecular complexity index is 1110. The SMILES string of the molecule is Cc1nc2c(OCc3c(F)cccc3F)cccn2c1C(=O)NCCCCCCCC(=O)O. The minimum Gasteiger partial charge on any atom is -0.485 e. The van der Waals surface area contributed by atoms with Gasteiger partial charge in [-0.05, 0) is 44.0 Å². The number of pyridine rings is 1. The number of nitrogens with one attached hydrogen (secondary N) is 1. The van der Waals surface area contributed by atoms with Crippen LogP contribution in [0.3, 0.4) is 0 Å². The van der Waals surface area contributed by atoms with Crippen molar-refractivity contribution in [1.82, 2.24) is 14.7 Å². The van der Waals surface area contributed by atoms with E-state index in [9.17, 15) is 18.4 Å². The third-order valence-corrected chi connectivity index (χ3v) is 5.29. The predicted molar refractivity (Wildman–Crippen MR) is 118 cm³/mol. The van der Waals surface area contributed by atoms with Gasteiger partial charge in [0, 0.05) is 19.2 Å². The Balaban J connectivity index is 1.59. The molecular formula is C24H27F2N3O4. The highest BCUT2D eigenvalue weighted by Gasteiger charge is 2.19. The minimum absolute atomic E-state index is 0.177. The molecule has 0 spiro atoms. The van der Waals surface area contributed by atoms with Gasteiger partial charge in [-0.1, -0.05) is 25.3 Å². The maximum atomic E-state index is 13.9. The fourth-order valence-electron chi connectivity index (χ4n) is 3.58. The Morgan fingerprint density at radius 1 is 1.06 bits per heavy atom. The summed E-state index contributed by atoms with van der Waals surface area (Å²) in [6.07, 6.45) is 5.99. The van der Waals surface area contributed by atoms with E-state index in [1.807, 2.05) is 0 Å². The number of carbonyl (C=O) groups excluding carboxylic acids is 1. The quantitative estimate of drug-likeness (QED) is 0.385. The molecule has 3 aromatic rings. The summed E-state index contributed by atoms with van der Waals surface area (Å²) in [4.78, 5) is 27.7. The molecule has 2 aromatic heterocycles. The topological polar surface area (TPSA) is 92.9 Å². The molecule has 9 heteroatoms. The van der Waals surface area contributed by atoms with Gasteiger partial charge in [0.2, 0.25) is 0 Å². The van der Waals surface area contributed by atoms with Crippen LogP contribution in [0.1, 0.15) is 60.3 Å². The van der Waals surface area contributed by atoms with Crippen LogP contribution in [0.25, 0.3) is 5.65 Å². The minimum atomic E-state index is -0.779. The summed E-state index contributed by atoms with van der Waals surface area (Å²) in [6, 6.07) is 6.93. The molecule has 0 unspecified atom stereocenters. The lowest BCUT2D eigenvalue weighted by Gasteiger charge is -2.10. The summed E-state index contributed by atoms with van der Waals surface area (Å²) < 4.78 is 35.0. The van der Waals surface area contributed by atoms with Crippen LogP contribution in [0.15, 0.2) is 36.5 Å². The molecule has 176 valence electrons. The monoisotopic (exact) mass is 459 g/mol. The lowest BCUT2D eigenvalue weighted by Crippen LogP contribution is -2.26. The number of halogens is 2. The average molecular weight is 459 g/mol. The third-order valence-electron chi connectivity index (χ3n) is 5.29. The van der Waals surface area contributed by atoms with Gasteiger partial charge in [-0.2, -0.15) is 0 Å². The zero-order valence-electron chi connectivity index (χ0n) is 18.4. The van der Waals surface area contributed by atoms with Crippen LogP contribution in [0.4, 0.5) is 8.78 Å². The molecule has 0 aliphatic heterocycles. The largest absolute Gasteiger partial charge is 0.485 e. The summed E-state index contributed by atoms with van der Waals surface area (Å²) >= 11 is 0. The number of carboxylic acid groups (broad SMARTS) is 1. The van der Waals surface area contributed by atoms with E-state index in [0.717, 1.165) is 25.7 Å². The lowest BCUT2D eigenvalue weighted by atomic mass is 10.1. The van der Waals surface area contributed by atoms with Crippen molar-refractivity contribution in [2.45, 2.75) is 52.1 Å². The molecule has 7 nitrogen and oxygen atoms in total. The Kier molecular flexibility index (Phi) is 8.34. The van der Waals surface area contributed by atoms with E-state index in [1.54, 1.807) is 29.7 Å². The van der Waals surface area contributed by atoms with Gasteiger partial charge in [0.1, 0.15) is 23.9 Å². The average Bonchev–Trinajstić information content (AvgIpc) is 3.11. The highest BCUT2D eigenvalue weighted by molar-refractivity contribution is 5.94. The Morgan fingerprint density at radius 2 is 1.76 bits per heavy atom. The van der Waals surface area contributed by atoms with E-state index < -0.39 is 17.6 Å². The molecule has 0 atom stereocenters. The smallest absolute Gasteiger partial charge is 0.303 e. The number of nitrogens with zero attached hydrogens (tertiary/aromatic N) is 2. The number of carbonyl (C=O) groups is 2. The number of imidazole rings is 1. The van der Waals surface area contributed by atoms with Crippen LogP contribution in [-0.2, 0) is 11.4 Å². The third kappa shape index (κ3) is 6.27. The molecular weight excluding hydrogens is 432 g/mol. The van der Waals surface area contributed by atoms with Gasteiger partial charge >= 0.3 is 5.97 Å². The highest BCUT2D eigenvalue weighted by Crippen LogP contribution is 2.24. The van der Waals surface area contributed by atoms with Gasteiger partial charge in [0.05, 0.1) is 11.3 Å². The number of aryl methyl sites for hydroxylation is 1. The summed E-state index contributed by atoms with van der Waals surface area (Å²) in [7, 11) is 0. The van der Waals surface area contributed by atoms with Gasteiger partial charge in [-0.15, -0.1) is 0 Å². The number of aliphatic carboxylic acids is 1. The number of hydrogen-bond acceptors (Lipinski definition) is 4. The normalized spacial score (nSPS) is 11.0. The molecule has 0 aliphatic rings. The maximum Gasteiger partial charge on any atom is 0.303 e. The van der Waals surface area contributed by atoms with E-state index >= 15 is 0 Å². The number of rotatable bonds is 12. The maximum absolute atomic E-state index is 13.9. The lowest BCUT2D eigenvalue weighted by molar-refractivity contribution is -0.137. The molecule has 0 aliphatic carbocycles. The molecule has 3 rings (SSSR count). The molecule has 33 heavy (non-hydrogen) atoms. The van der Waals surface area contributed by atoms with E-state index in [0.29, 0.717) is 35.8 Å². The fraction of sp³-hybridized carbons (Fsp3) is 0.375. The number of aromatic nitrogens is 2. The van der Waals surface area contributed by atoms with Crippen molar-refractivity contribution in [3.05, 3.63) is 65.1 Å². The highest BCUT2D eigenvalue weighted by atomic mass is 19.1. The van der Waals surface area contributed by atoms with Gasteiger partial charge in [0.15, 0.2) is 11.4 Å². The molecule has 2 N–H and O–H groups in total. The first-order valence-electron chi connectivity index (χ1n) is 10.9. The number of hydrogen-bond donors (Lipinski definition) is 2. The first-order valence-corrected chi connectivity index (χ1v) is 10.9. The van der Waals surface area contributed by atoms with Crippen LogP contribution in [0, 0.1) is 18.6 Å². The second kappa shape index (κ2) is 11.4. The molecule has 2 heterocycles. The van der Waals surface area contributed by atoms with Gasteiger partial charge in [0.25, 0.3) is 5.91 Å². The molecule has 0 saturated heterocycles. The van der Waals surface area contributed by atoms with Gasteiger partial charge < -0.3 is 15.2 Å². The molecule has 1 amide bonds. The summed E-state index contributed by atoms with van der Waals surface area (Å²) in [5, 5.41) is 11.5. The van der Waals surface area contributed by atoms with Gasteiger partial charge in [-0.3, -0.25) is 14.0 Å². The van der Waals surface area contributed by atoms with Crippen molar-refractivity contribution < 1.29 is 28.2 Å². The molecule has 0 bridgehead atoms. The Morgan fingerprint density at radius 3 is 2.48 bits per heavy atom. The van der Waals surface area contributed by atoms with Crippen LogP contribution >= 0.6 is 0 Å². The van der Waals surface area contributed by atoms with E-state index in [-0.39, 0.29) is 24.5 Å². The van der Waals surface area contributed by atoms with Crippen molar-refractivity contribution in [2.24, 2.45) is 0 Å². The zero-order chi connectivity index (χ0) is 23.8. The Labute approximate surface area is 190 Å². The van der Waals surface area contributed by atoms with Crippen molar-refractivity contribution >= 4 is 17.5 Å². The molecule has 0 saturated carbocycles. The van der Waals surface area contributed by atoms with Crippen molar-refractivity contribution in [1.29, 1.82) is 0 Å². The first kappa shape index (κ1) is 24.2. The zero-order valence-corrected chi connectivity index (χ0v) is 18.4. The van der Waals surface area contributed by atoms with Crippen LogP contribution in [-0.4, -0.2) is 32.9 Å². The van der Waals surface area contributed by atoms with E-state index in [1.165, 1.54) is 18.2 Å². The molecule has 0 radical (unpaired) electrons. The second-order valence-electron chi connectivity index (χ2n) is 7.77. The van der Waals surface area contributed by atoms with Gasteiger partial charge in [-0.25, -0.2) is 13.8 Å². The van der Waals surface area contributed by atoms with Crippen molar-refractivity contribution in [3.8, 4) is 5.75 Å². The number of fused-ring (bicyclic) bond motifs is 1. The summed E-state index contributed by atoms with van der Waals surface area (Å²) in [6.45, 7) is 1.90. The molecule has 0 fully saturated rings. The Hall–Kier alpha value is -3.49. The second-order valence-corrected chi connectivity index (χ2v) is 7.77. The number of ether oxygens (including phenoxy) is 1.